The highest BCUT2D eigenvalue weighted by Gasteiger charge is 2.30. The minimum atomic E-state index is 0. The van der Waals surface area contributed by atoms with Crippen molar-refractivity contribution in [2.24, 2.45) is 4.99 Å². The van der Waals surface area contributed by atoms with E-state index in [0.717, 1.165) is 64.9 Å². The molecule has 2 aliphatic heterocycles. The molecular weight excluding hydrogens is 423 g/mol. The van der Waals surface area contributed by atoms with Crippen LogP contribution in [0.2, 0.25) is 0 Å². The molecule has 2 rings (SSSR count). The number of morpholine rings is 1. The van der Waals surface area contributed by atoms with Gasteiger partial charge in [-0.3, -0.25) is 9.89 Å². The summed E-state index contributed by atoms with van der Waals surface area (Å²) in [5, 5.41) is 3.45. The summed E-state index contributed by atoms with van der Waals surface area (Å²) in [4.78, 5) is 9.35. The maximum atomic E-state index is 5.47. The third-order valence-electron chi connectivity index (χ3n) is 4.42. The second-order valence-electron chi connectivity index (χ2n) is 5.97. The molecule has 2 aliphatic rings. The van der Waals surface area contributed by atoms with Gasteiger partial charge in [-0.2, -0.15) is 0 Å². The first-order chi connectivity index (χ1) is 11.3. The normalized spacial score (nSPS) is 22.5. The van der Waals surface area contributed by atoms with Crippen LogP contribution in [0.15, 0.2) is 4.99 Å². The first kappa shape index (κ1) is 21.9. The van der Waals surface area contributed by atoms with E-state index in [4.69, 9.17) is 14.2 Å². The van der Waals surface area contributed by atoms with Crippen molar-refractivity contribution in [3.05, 3.63) is 0 Å². The Hall–Kier alpha value is -0.160. The highest BCUT2D eigenvalue weighted by atomic mass is 127. The minimum Gasteiger partial charge on any atom is -0.382 e. The van der Waals surface area contributed by atoms with Gasteiger partial charge in [-0.15, -0.1) is 24.0 Å². The van der Waals surface area contributed by atoms with Gasteiger partial charge < -0.3 is 24.4 Å². The zero-order valence-corrected chi connectivity index (χ0v) is 17.4. The summed E-state index contributed by atoms with van der Waals surface area (Å²) in [6, 6.07) is 0.634. The molecule has 0 radical (unpaired) electrons. The summed E-state index contributed by atoms with van der Waals surface area (Å²) in [5.74, 6) is 1.01. The molecule has 8 heteroatoms. The van der Waals surface area contributed by atoms with Crippen molar-refractivity contribution in [3.63, 3.8) is 0 Å². The molecular formula is C16H33IN4O3. The quantitative estimate of drug-likeness (QED) is 0.251. The molecule has 0 aliphatic carbocycles. The third kappa shape index (κ3) is 7.38. The first-order valence-corrected chi connectivity index (χ1v) is 8.69. The van der Waals surface area contributed by atoms with Gasteiger partial charge in [-0.25, -0.2) is 0 Å². The lowest BCUT2D eigenvalue weighted by Crippen LogP contribution is -2.46. The Labute approximate surface area is 163 Å². The maximum Gasteiger partial charge on any atom is 0.193 e. The van der Waals surface area contributed by atoms with E-state index in [0.29, 0.717) is 19.3 Å². The highest BCUT2D eigenvalue weighted by Crippen LogP contribution is 2.16. The Kier molecular flexibility index (Phi) is 11.9. The van der Waals surface area contributed by atoms with Crippen LogP contribution in [0.1, 0.15) is 12.8 Å². The van der Waals surface area contributed by atoms with E-state index in [-0.39, 0.29) is 24.0 Å². The number of rotatable bonds is 8. The van der Waals surface area contributed by atoms with Crippen molar-refractivity contribution in [3.8, 4) is 0 Å². The van der Waals surface area contributed by atoms with Gasteiger partial charge in [0.25, 0.3) is 0 Å². The number of likely N-dealkylation sites (tertiary alicyclic amines) is 1. The van der Waals surface area contributed by atoms with Crippen LogP contribution in [0.3, 0.4) is 0 Å². The summed E-state index contributed by atoms with van der Waals surface area (Å²) < 4.78 is 15.9. The molecule has 0 aromatic carbocycles. The Morgan fingerprint density at radius 1 is 1.21 bits per heavy atom. The van der Waals surface area contributed by atoms with E-state index in [1.165, 1.54) is 6.42 Å². The maximum absolute atomic E-state index is 5.47. The average molecular weight is 456 g/mol. The number of nitrogens with one attached hydrogen (secondary N) is 1. The fourth-order valence-corrected chi connectivity index (χ4v) is 3.13. The monoisotopic (exact) mass is 456 g/mol. The summed E-state index contributed by atoms with van der Waals surface area (Å²) in [5.41, 5.74) is 0. The largest absolute Gasteiger partial charge is 0.382 e. The predicted molar refractivity (Wildman–Crippen MR) is 106 cm³/mol. The van der Waals surface area contributed by atoms with Gasteiger partial charge in [0.2, 0.25) is 0 Å². The molecule has 7 nitrogen and oxygen atoms in total. The summed E-state index contributed by atoms with van der Waals surface area (Å²) in [6.45, 7) is 8.95. The number of ether oxygens (including phenoxy) is 3. The number of aliphatic imine (C=N–C) groups is 1. The van der Waals surface area contributed by atoms with Crippen molar-refractivity contribution in [1.29, 1.82) is 0 Å². The lowest BCUT2D eigenvalue weighted by Gasteiger charge is -2.32. The Morgan fingerprint density at radius 2 is 2.00 bits per heavy atom. The number of hydrogen-bond donors (Lipinski definition) is 1. The number of halogens is 1. The molecule has 1 N–H and O–H groups in total. The molecule has 2 heterocycles. The topological polar surface area (TPSA) is 58.6 Å². The number of guanidine groups is 1. The van der Waals surface area contributed by atoms with Crippen LogP contribution in [-0.2, 0) is 14.2 Å². The summed E-state index contributed by atoms with van der Waals surface area (Å²) >= 11 is 0. The first-order valence-electron chi connectivity index (χ1n) is 8.69. The number of nitrogens with zero attached hydrogens (tertiary/aromatic N) is 3. The lowest BCUT2D eigenvalue weighted by atomic mass is 10.2. The molecule has 0 amide bonds. The molecule has 0 aromatic heterocycles. The van der Waals surface area contributed by atoms with Gasteiger partial charge in [0.05, 0.1) is 26.4 Å². The van der Waals surface area contributed by atoms with E-state index >= 15 is 0 Å². The van der Waals surface area contributed by atoms with Crippen molar-refractivity contribution in [2.45, 2.75) is 18.9 Å². The van der Waals surface area contributed by atoms with E-state index in [9.17, 15) is 0 Å². The second kappa shape index (κ2) is 13.1. The van der Waals surface area contributed by atoms with Crippen LogP contribution >= 0.6 is 24.0 Å². The van der Waals surface area contributed by atoms with E-state index < -0.39 is 0 Å². The molecule has 142 valence electrons. The lowest BCUT2D eigenvalue weighted by molar-refractivity contribution is 0.0195. The molecule has 2 fully saturated rings. The van der Waals surface area contributed by atoms with Crippen molar-refractivity contribution in [1.82, 2.24) is 15.1 Å². The predicted octanol–water partition coefficient (Wildman–Crippen LogP) is 0.639. The number of hydrogen-bond acceptors (Lipinski definition) is 5. The molecule has 0 spiro atoms. The zero-order valence-electron chi connectivity index (χ0n) is 15.0. The molecule has 0 bridgehead atoms. The van der Waals surface area contributed by atoms with Crippen LogP contribution in [0, 0.1) is 0 Å². The van der Waals surface area contributed by atoms with Crippen LogP contribution in [-0.4, -0.2) is 102 Å². The Bertz CT molecular complexity index is 354. The van der Waals surface area contributed by atoms with Gasteiger partial charge in [-0.05, 0) is 12.8 Å². The zero-order chi connectivity index (χ0) is 16.3. The van der Waals surface area contributed by atoms with Crippen molar-refractivity contribution in [2.75, 3.05) is 79.9 Å². The molecule has 1 unspecified atom stereocenters. The highest BCUT2D eigenvalue weighted by molar-refractivity contribution is 14.0. The smallest absolute Gasteiger partial charge is 0.193 e. The van der Waals surface area contributed by atoms with Crippen molar-refractivity contribution < 1.29 is 14.2 Å². The van der Waals surface area contributed by atoms with Crippen LogP contribution in [0.4, 0.5) is 0 Å². The third-order valence-corrected chi connectivity index (χ3v) is 4.42. The fraction of sp³-hybridized carbons (Fsp3) is 0.938. The van der Waals surface area contributed by atoms with Gasteiger partial charge in [0.15, 0.2) is 5.96 Å². The van der Waals surface area contributed by atoms with Gasteiger partial charge in [0.1, 0.15) is 0 Å². The minimum absolute atomic E-state index is 0. The van der Waals surface area contributed by atoms with Crippen molar-refractivity contribution >= 4 is 29.9 Å². The van der Waals surface area contributed by atoms with Crippen LogP contribution in [0.5, 0.6) is 0 Å². The fourth-order valence-electron chi connectivity index (χ4n) is 3.13. The molecule has 24 heavy (non-hydrogen) atoms. The van der Waals surface area contributed by atoms with Gasteiger partial charge >= 0.3 is 0 Å². The second-order valence-corrected chi connectivity index (χ2v) is 5.97. The molecule has 2 saturated heterocycles. The summed E-state index contributed by atoms with van der Waals surface area (Å²) in [6.07, 6.45) is 2.18. The average Bonchev–Trinajstić information content (AvgIpc) is 3.08. The summed E-state index contributed by atoms with van der Waals surface area (Å²) in [7, 11) is 3.55. The molecule has 0 saturated carbocycles. The van der Waals surface area contributed by atoms with Crippen LogP contribution < -0.4 is 5.32 Å². The standard InChI is InChI=1S/C16H32N4O3.HI/c1-17-16(18-5-3-9-22-13-12-21-2)20-6-4-15(14-20)19-7-10-23-11-8-19;/h15H,3-14H2,1-2H3,(H,17,18);1H. The Balaban J connectivity index is 0.00000288. The Morgan fingerprint density at radius 3 is 2.71 bits per heavy atom. The van der Waals surface area contributed by atoms with E-state index in [1.54, 1.807) is 7.11 Å². The molecule has 0 aromatic rings. The van der Waals surface area contributed by atoms with Crippen LogP contribution in [0.25, 0.3) is 0 Å². The number of methoxy groups -OCH3 is 1. The van der Waals surface area contributed by atoms with E-state index in [2.05, 4.69) is 20.1 Å². The SMILES string of the molecule is CN=C(NCCCOCCOC)N1CCC(N2CCOCC2)C1.I. The molecule has 1 atom stereocenters. The van der Waals surface area contributed by atoms with Gasteiger partial charge in [0, 0.05) is 59.5 Å². The van der Waals surface area contributed by atoms with Gasteiger partial charge in [-0.1, -0.05) is 0 Å². The van der Waals surface area contributed by atoms with E-state index in [1.807, 2.05) is 7.05 Å².